The van der Waals surface area contributed by atoms with E-state index in [1.54, 1.807) is 19.1 Å². The lowest BCUT2D eigenvalue weighted by molar-refractivity contribution is -0.120. The van der Waals surface area contributed by atoms with Crippen LogP contribution in [0.25, 0.3) is 5.69 Å². The first-order chi connectivity index (χ1) is 9.53. The van der Waals surface area contributed by atoms with Crippen LogP contribution in [0.2, 0.25) is 0 Å². The first kappa shape index (κ1) is 17.1. The van der Waals surface area contributed by atoms with Crippen LogP contribution in [0.15, 0.2) is 30.6 Å². The fourth-order valence-electron chi connectivity index (χ4n) is 1.91. The molecule has 21 heavy (non-hydrogen) atoms. The van der Waals surface area contributed by atoms with Crippen LogP contribution < -0.4 is 11.1 Å². The summed E-state index contributed by atoms with van der Waals surface area (Å²) in [4.78, 5) is 12.1. The van der Waals surface area contributed by atoms with E-state index in [1.165, 1.54) is 11.0 Å². The van der Waals surface area contributed by atoms with Crippen LogP contribution in [-0.2, 0) is 4.79 Å². The molecular formula is C13H19ClN6O. The second-order valence-electron chi connectivity index (χ2n) is 4.93. The molecule has 2 rings (SSSR count). The minimum Gasteiger partial charge on any atom is -0.324 e. The van der Waals surface area contributed by atoms with Gasteiger partial charge in [-0.15, -0.1) is 17.5 Å². The molecule has 1 aromatic heterocycles. The van der Waals surface area contributed by atoms with Gasteiger partial charge in [-0.05, 0) is 42.0 Å². The predicted octanol–water partition coefficient (Wildman–Crippen LogP) is 1.54. The van der Waals surface area contributed by atoms with Gasteiger partial charge in [0.15, 0.2) is 0 Å². The summed E-state index contributed by atoms with van der Waals surface area (Å²) in [7, 11) is 0. The molecule has 1 heterocycles. The molecule has 0 saturated heterocycles. The number of nitrogens with zero attached hydrogens (tertiary/aromatic N) is 4. The number of nitrogens with two attached hydrogens (primary N) is 1. The zero-order valence-electron chi connectivity index (χ0n) is 12.0. The van der Waals surface area contributed by atoms with E-state index in [9.17, 15) is 4.79 Å². The van der Waals surface area contributed by atoms with Gasteiger partial charge < -0.3 is 11.1 Å². The van der Waals surface area contributed by atoms with E-state index in [0.29, 0.717) is 12.1 Å². The van der Waals surface area contributed by atoms with Crippen LogP contribution >= 0.6 is 12.4 Å². The van der Waals surface area contributed by atoms with E-state index < -0.39 is 5.54 Å². The fourth-order valence-corrected chi connectivity index (χ4v) is 1.91. The number of aromatic nitrogens is 4. The van der Waals surface area contributed by atoms with Gasteiger partial charge in [0, 0.05) is 5.69 Å². The van der Waals surface area contributed by atoms with E-state index in [-0.39, 0.29) is 18.3 Å². The van der Waals surface area contributed by atoms with Crippen molar-refractivity contribution in [2.24, 2.45) is 5.73 Å². The lowest BCUT2D eigenvalue weighted by atomic mass is 9.96. The molecule has 0 aliphatic carbocycles. The summed E-state index contributed by atoms with van der Waals surface area (Å²) in [6, 6.07) is 7.25. The van der Waals surface area contributed by atoms with Crippen molar-refractivity contribution in [1.29, 1.82) is 0 Å². The number of anilines is 1. The van der Waals surface area contributed by atoms with Crippen molar-refractivity contribution in [2.45, 2.75) is 32.2 Å². The number of tetrazole rings is 1. The highest BCUT2D eigenvalue weighted by atomic mass is 35.5. The maximum Gasteiger partial charge on any atom is 0.244 e. The van der Waals surface area contributed by atoms with Gasteiger partial charge in [0.2, 0.25) is 5.91 Å². The van der Waals surface area contributed by atoms with Crippen LogP contribution in [0.1, 0.15) is 26.7 Å². The van der Waals surface area contributed by atoms with E-state index in [2.05, 4.69) is 20.8 Å². The van der Waals surface area contributed by atoms with Crippen molar-refractivity contribution in [2.75, 3.05) is 5.32 Å². The number of carbonyl (C=O) groups excluding carboxylic acids is 1. The second-order valence-corrected chi connectivity index (χ2v) is 4.93. The molecule has 1 amide bonds. The third kappa shape index (κ3) is 4.24. The molecule has 0 aliphatic heterocycles. The minimum absolute atomic E-state index is 0. The van der Waals surface area contributed by atoms with E-state index >= 15 is 0 Å². The van der Waals surface area contributed by atoms with Gasteiger partial charge in [-0.1, -0.05) is 19.4 Å². The van der Waals surface area contributed by atoms with Crippen molar-refractivity contribution in [3.8, 4) is 5.69 Å². The molecule has 1 aromatic carbocycles. The van der Waals surface area contributed by atoms with Crippen molar-refractivity contribution >= 4 is 24.0 Å². The van der Waals surface area contributed by atoms with E-state index in [0.717, 1.165) is 12.1 Å². The summed E-state index contributed by atoms with van der Waals surface area (Å²) in [5, 5.41) is 13.8. The minimum atomic E-state index is -0.875. The smallest absolute Gasteiger partial charge is 0.244 e. The molecule has 7 nitrogen and oxygen atoms in total. The maximum absolute atomic E-state index is 12.1. The number of amides is 1. The molecule has 1 atom stereocenters. The molecule has 2 aromatic rings. The zero-order chi connectivity index (χ0) is 14.6. The summed E-state index contributed by atoms with van der Waals surface area (Å²) in [5.41, 5.74) is 6.55. The Morgan fingerprint density at radius 1 is 1.48 bits per heavy atom. The lowest BCUT2D eigenvalue weighted by Crippen LogP contribution is -2.48. The quantitative estimate of drug-likeness (QED) is 0.872. The maximum atomic E-state index is 12.1. The largest absolute Gasteiger partial charge is 0.324 e. The summed E-state index contributed by atoms with van der Waals surface area (Å²) in [5.74, 6) is -0.201. The fraction of sp³-hybridized carbons (Fsp3) is 0.385. The number of hydrogen-bond donors (Lipinski definition) is 2. The average Bonchev–Trinajstić information content (AvgIpc) is 2.93. The van der Waals surface area contributed by atoms with Gasteiger partial charge in [0.1, 0.15) is 6.33 Å². The Bertz CT molecular complexity index is 584. The molecule has 0 saturated carbocycles. The van der Waals surface area contributed by atoms with Crippen LogP contribution in [0.5, 0.6) is 0 Å². The number of hydrogen-bond acceptors (Lipinski definition) is 5. The number of rotatable bonds is 5. The summed E-state index contributed by atoms with van der Waals surface area (Å²) < 4.78 is 1.52. The molecule has 0 spiro atoms. The molecule has 1 unspecified atom stereocenters. The summed E-state index contributed by atoms with van der Waals surface area (Å²) >= 11 is 0. The number of halogens is 1. The molecule has 8 heteroatoms. The highest BCUT2D eigenvalue weighted by Gasteiger charge is 2.27. The third-order valence-electron chi connectivity index (χ3n) is 3.01. The summed E-state index contributed by atoms with van der Waals surface area (Å²) in [6.07, 6.45) is 2.97. The van der Waals surface area contributed by atoms with Gasteiger partial charge >= 0.3 is 0 Å². The Labute approximate surface area is 129 Å². The number of benzene rings is 1. The normalized spacial score (nSPS) is 13.1. The first-order valence-corrected chi connectivity index (χ1v) is 6.46. The first-order valence-electron chi connectivity index (χ1n) is 6.46. The van der Waals surface area contributed by atoms with Gasteiger partial charge in [0.05, 0.1) is 11.2 Å². The molecule has 114 valence electrons. The van der Waals surface area contributed by atoms with Crippen LogP contribution in [0.3, 0.4) is 0 Å². The highest BCUT2D eigenvalue weighted by Crippen LogP contribution is 2.16. The second kappa shape index (κ2) is 7.14. The predicted molar refractivity (Wildman–Crippen MR) is 82.5 cm³/mol. The standard InChI is InChI=1S/C13H18N6O.ClH/c1-3-7-13(2,14)12(20)16-10-5-4-6-11(8-10)19-9-15-17-18-19;/h4-6,8-9H,3,7,14H2,1-2H3,(H,16,20);1H. The monoisotopic (exact) mass is 310 g/mol. The van der Waals surface area contributed by atoms with Crippen LogP contribution in [0.4, 0.5) is 5.69 Å². The molecule has 3 N–H and O–H groups in total. The molecule has 0 bridgehead atoms. The van der Waals surface area contributed by atoms with E-state index in [1.807, 2.05) is 19.1 Å². The van der Waals surface area contributed by atoms with Crippen molar-refractivity contribution in [3.05, 3.63) is 30.6 Å². The van der Waals surface area contributed by atoms with Crippen molar-refractivity contribution in [1.82, 2.24) is 20.2 Å². The van der Waals surface area contributed by atoms with Gasteiger partial charge in [-0.3, -0.25) is 4.79 Å². The number of carbonyl (C=O) groups is 1. The van der Waals surface area contributed by atoms with Crippen LogP contribution in [0, 0.1) is 0 Å². The summed E-state index contributed by atoms with van der Waals surface area (Å²) in [6.45, 7) is 3.73. The SMILES string of the molecule is CCCC(C)(N)C(=O)Nc1cccc(-n2cnnn2)c1.Cl. The number of nitrogens with one attached hydrogen (secondary N) is 1. The van der Waals surface area contributed by atoms with E-state index in [4.69, 9.17) is 5.73 Å². The topological polar surface area (TPSA) is 98.7 Å². The Balaban J connectivity index is 0.00000220. The Hall–Kier alpha value is -1.99. The highest BCUT2D eigenvalue weighted by molar-refractivity contribution is 5.97. The Morgan fingerprint density at radius 2 is 2.24 bits per heavy atom. The van der Waals surface area contributed by atoms with Crippen molar-refractivity contribution in [3.63, 3.8) is 0 Å². The van der Waals surface area contributed by atoms with Gasteiger partial charge in [-0.25, -0.2) is 4.68 Å². The van der Waals surface area contributed by atoms with Crippen molar-refractivity contribution < 1.29 is 4.79 Å². The zero-order valence-corrected chi connectivity index (χ0v) is 12.8. The molecule has 0 aliphatic rings. The average molecular weight is 311 g/mol. The van der Waals surface area contributed by atoms with Gasteiger partial charge in [0.25, 0.3) is 0 Å². The molecular weight excluding hydrogens is 292 g/mol. The van der Waals surface area contributed by atoms with Gasteiger partial charge in [-0.2, -0.15) is 0 Å². The lowest BCUT2D eigenvalue weighted by Gasteiger charge is -2.22. The third-order valence-corrected chi connectivity index (χ3v) is 3.01. The Morgan fingerprint density at radius 3 is 2.86 bits per heavy atom. The molecule has 0 radical (unpaired) electrons. The molecule has 0 fully saturated rings. The van der Waals surface area contributed by atoms with Crippen LogP contribution in [-0.4, -0.2) is 31.7 Å². The Kier molecular flexibility index (Phi) is 5.80.